The Morgan fingerprint density at radius 2 is 2.21 bits per heavy atom. The molecule has 1 atom stereocenters. The van der Waals surface area contributed by atoms with Crippen LogP contribution in [0.3, 0.4) is 0 Å². The zero-order chi connectivity index (χ0) is 13.4. The minimum Gasteiger partial charge on any atom is -0.456 e. The predicted octanol–water partition coefficient (Wildman–Crippen LogP) is 4.70. The average Bonchev–Trinajstić information content (AvgIpc) is 2.98. The lowest BCUT2D eigenvalue weighted by molar-refractivity contribution is 0.479. The molecule has 3 rings (SSSR count). The van der Waals surface area contributed by atoms with E-state index in [2.05, 4.69) is 21.2 Å². The predicted molar refractivity (Wildman–Crippen MR) is 79.1 cm³/mol. The second-order valence-corrected chi connectivity index (χ2v) is 6.05. The fraction of sp³-hybridized carbons (Fsp3) is 0.143. The normalized spacial score (nSPS) is 13.0. The van der Waals surface area contributed by atoms with Gasteiger partial charge in [-0.15, -0.1) is 11.3 Å². The van der Waals surface area contributed by atoms with Crippen LogP contribution in [0.1, 0.15) is 16.7 Å². The van der Waals surface area contributed by atoms with Crippen LogP contribution in [0.25, 0.3) is 11.0 Å². The van der Waals surface area contributed by atoms with Gasteiger partial charge in [-0.3, -0.25) is 0 Å². The number of halogens is 2. The Labute approximate surface area is 122 Å². The van der Waals surface area contributed by atoms with Crippen molar-refractivity contribution in [1.82, 2.24) is 5.32 Å². The number of fused-ring (bicyclic) bond motifs is 1. The summed E-state index contributed by atoms with van der Waals surface area (Å²) in [4.78, 5) is 1.12. The largest absolute Gasteiger partial charge is 0.456 e. The smallest absolute Gasteiger partial charge is 0.169 e. The SMILES string of the molecule is CNC(c1cc2cccc(F)c2o1)c1cc(Br)cs1. The molecule has 0 spiro atoms. The van der Waals surface area contributed by atoms with Crippen molar-refractivity contribution in [3.05, 3.63) is 56.6 Å². The van der Waals surface area contributed by atoms with Gasteiger partial charge < -0.3 is 9.73 Å². The minimum atomic E-state index is -0.328. The molecular formula is C14H11BrFNOS. The highest BCUT2D eigenvalue weighted by molar-refractivity contribution is 9.10. The Balaban J connectivity index is 2.09. The Hall–Kier alpha value is -1.17. The Morgan fingerprint density at radius 1 is 1.37 bits per heavy atom. The standard InChI is InChI=1S/C14H11BrFNOS/c1-17-13(12-6-9(15)7-19-12)11-5-8-3-2-4-10(16)14(8)18-11/h2-7,13,17H,1H3. The molecule has 0 aliphatic heterocycles. The van der Waals surface area contributed by atoms with Crippen molar-refractivity contribution in [2.45, 2.75) is 6.04 Å². The van der Waals surface area contributed by atoms with Gasteiger partial charge in [-0.25, -0.2) is 4.39 Å². The lowest BCUT2D eigenvalue weighted by Gasteiger charge is -2.10. The van der Waals surface area contributed by atoms with E-state index in [-0.39, 0.29) is 11.9 Å². The van der Waals surface area contributed by atoms with Gasteiger partial charge >= 0.3 is 0 Å². The van der Waals surface area contributed by atoms with Crippen LogP contribution in [0.15, 0.2) is 44.6 Å². The molecule has 19 heavy (non-hydrogen) atoms. The fourth-order valence-electron chi connectivity index (χ4n) is 2.09. The van der Waals surface area contributed by atoms with E-state index in [9.17, 15) is 4.39 Å². The number of rotatable bonds is 3. The molecule has 0 aliphatic carbocycles. The summed E-state index contributed by atoms with van der Waals surface area (Å²) < 4.78 is 20.4. The zero-order valence-electron chi connectivity index (χ0n) is 10.1. The van der Waals surface area contributed by atoms with Gasteiger partial charge in [-0.2, -0.15) is 0 Å². The molecule has 5 heteroatoms. The van der Waals surface area contributed by atoms with Crippen molar-refractivity contribution < 1.29 is 8.81 Å². The summed E-state index contributed by atoms with van der Waals surface area (Å²) >= 11 is 5.07. The first-order chi connectivity index (χ1) is 9.19. The lowest BCUT2D eigenvalue weighted by Crippen LogP contribution is -2.15. The molecule has 2 nitrogen and oxygen atoms in total. The Kier molecular flexibility index (Phi) is 3.43. The van der Waals surface area contributed by atoms with Crippen LogP contribution < -0.4 is 5.32 Å². The fourth-order valence-corrected chi connectivity index (χ4v) is 3.65. The van der Waals surface area contributed by atoms with Crippen LogP contribution in [0.2, 0.25) is 0 Å². The maximum Gasteiger partial charge on any atom is 0.169 e. The van der Waals surface area contributed by atoms with Gasteiger partial charge in [0.2, 0.25) is 0 Å². The number of para-hydroxylation sites is 1. The van der Waals surface area contributed by atoms with Gasteiger partial charge in [0, 0.05) is 20.1 Å². The number of nitrogens with one attached hydrogen (secondary N) is 1. The zero-order valence-corrected chi connectivity index (χ0v) is 12.5. The van der Waals surface area contributed by atoms with Gasteiger partial charge in [-0.05, 0) is 41.2 Å². The van der Waals surface area contributed by atoms with E-state index in [0.29, 0.717) is 5.58 Å². The van der Waals surface area contributed by atoms with Crippen LogP contribution in [-0.4, -0.2) is 7.05 Å². The van der Waals surface area contributed by atoms with Crippen molar-refractivity contribution in [3.8, 4) is 0 Å². The number of hydrogen-bond donors (Lipinski definition) is 1. The van der Waals surface area contributed by atoms with E-state index in [4.69, 9.17) is 4.42 Å². The molecule has 0 saturated heterocycles. The van der Waals surface area contributed by atoms with Crippen molar-refractivity contribution in [1.29, 1.82) is 0 Å². The van der Waals surface area contributed by atoms with E-state index < -0.39 is 0 Å². The molecule has 3 aromatic rings. The van der Waals surface area contributed by atoms with E-state index in [1.165, 1.54) is 6.07 Å². The molecule has 1 unspecified atom stereocenters. The first-order valence-corrected chi connectivity index (χ1v) is 7.45. The molecular weight excluding hydrogens is 329 g/mol. The average molecular weight is 340 g/mol. The van der Waals surface area contributed by atoms with E-state index in [1.54, 1.807) is 17.4 Å². The van der Waals surface area contributed by atoms with Crippen molar-refractivity contribution >= 4 is 38.2 Å². The summed E-state index contributed by atoms with van der Waals surface area (Å²) in [6.07, 6.45) is 0. The number of furan rings is 1. The summed E-state index contributed by atoms with van der Waals surface area (Å²) in [6.45, 7) is 0. The highest BCUT2D eigenvalue weighted by atomic mass is 79.9. The second-order valence-electron chi connectivity index (χ2n) is 4.20. The van der Waals surface area contributed by atoms with E-state index in [0.717, 1.165) is 20.5 Å². The van der Waals surface area contributed by atoms with Gasteiger partial charge in [0.1, 0.15) is 11.8 Å². The van der Waals surface area contributed by atoms with Crippen molar-refractivity contribution in [2.75, 3.05) is 7.05 Å². The Morgan fingerprint density at radius 3 is 2.84 bits per heavy atom. The van der Waals surface area contributed by atoms with Crippen molar-refractivity contribution in [3.63, 3.8) is 0 Å². The molecule has 1 N–H and O–H groups in total. The monoisotopic (exact) mass is 339 g/mol. The molecule has 0 saturated carbocycles. The third kappa shape index (κ3) is 2.33. The first kappa shape index (κ1) is 12.8. The van der Waals surface area contributed by atoms with Gasteiger partial charge in [-0.1, -0.05) is 12.1 Å². The lowest BCUT2D eigenvalue weighted by atomic mass is 10.1. The molecule has 0 bridgehead atoms. The van der Waals surface area contributed by atoms with E-state index >= 15 is 0 Å². The summed E-state index contributed by atoms with van der Waals surface area (Å²) in [5.41, 5.74) is 0.313. The molecule has 2 heterocycles. The molecule has 98 valence electrons. The quantitative estimate of drug-likeness (QED) is 0.747. The van der Waals surface area contributed by atoms with Crippen LogP contribution in [0.5, 0.6) is 0 Å². The summed E-state index contributed by atoms with van der Waals surface area (Å²) in [6, 6.07) is 8.80. The molecule has 2 aromatic heterocycles. The van der Waals surface area contributed by atoms with Gasteiger partial charge in [0.25, 0.3) is 0 Å². The first-order valence-electron chi connectivity index (χ1n) is 5.78. The van der Waals surface area contributed by atoms with Gasteiger partial charge in [0.15, 0.2) is 11.4 Å². The summed E-state index contributed by atoms with van der Waals surface area (Å²) in [7, 11) is 1.86. The number of hydrogen-bond acceptors (Lipinski definition) is 3. The molecule has 0 amide bonds. The van der Waals surface area contributed by atoms with Crippen LogP contribution >= 0.6 is 27.3 Å². The minimum absolute atomic E-state index is 0.0666. The van der Waals surface area contributed by atoms with Crippen LogP contribution in [0, 0.1) is 5.82 Å². The Bertz CT molecular complexity index is 721. The summed E-state index contributed by atoms with van der Waals surface area (Å²) in [5.74, 6) is 0.392. The second kappa shape index (κ2) is 5.07. The van der Waals surface area contributed by atoms with Crippen LogP contribution in [-0.2, 0) is 0 Å². The van der Waals surface area contributed by atoms with Gasteiger partial charge in [0.05, 0.1) is 0 Å². The molecule has 0 radical (unpaired) electrons. The number of benzene rings is 1. The molecule has 0 fully saturated rings. The third-order valence-corrected chi connectivity index (χ3v) is 4.72. The van der Waals surface area contributed by atoms with Crippen molar-refractivity contribution in [2.24, 2.45) is 0 Å². The molecule has 0 aliphatic rings. The van der Waals surface area contributed by atoms with E-state index in [1.807, 2.05) is 30.6 Å². The van der Waals surface area contributed by atoms with Crippen LogP contribution in [0.4, 0.5) is 4.39 Å². The maximum atomic E-state index is 13.7. The summed E-state index contributed by atoms with van der Waals surface area (Å²) in [5, 5.41) is 6.00. The maximum absolute atomic E-state index is 13.7. The topological polar surface area (TPSA) is 25.2 Å². The highest BCUT2D eigenvalue weighted by Crippen LogP contribution is 2.33. The third-order valence-electron chi connectivity index (χ3n) is 2.96. The number of thiophene rings is 1. The molecule has 1 aromatic carbocycles. The highest BCUT2D eigenvalue weighted by Gasteiger charge is 2.19.